The van der Waals surface area contributed by atoms with Crippen molar-refractivity contribution in [3.8, 4) is 11.3 Å². The molecule has 7 N–H and O–H groups in total. The SMILES string of the molecule is OC[C@H]1O[C@@H](S[C@@H]2O[C@H](CO)[C@@H](O)[C@H](O)[C@H]2O)[C@H](O)[C@@H](n2cc(-c3cccc(F)c3)nn2)[C@H]1O. The third-order valence-corrected chi connectivity index (χ3v) is 7.22. The molecule has 2 aliphatic heterocycles. The van der Waals surface area contributed by atoms with Gasteiger partial charge in [0.25, 0.3) is 0 Å². The summed E-state index contributed by atoms with van der Waals surface area (Å²) in [5, 5.41) is 79.1. The van der Waals surface area contributed by atoms with Crippen LogP contribution in [0.5, 0.6) is 0 Å². The van der Waals surface area contributed by atoms with Crippen molar-refractivity contribution < 1.29 is 49.6 Å². The van der Waals surface area contributed by atoms with Gasteiger partial charge in [-0.15, -0.1) is 5.10 Å². The van der Waals surface area contributed by atoms with Gasteiger partial charge in [-0.05, 0) is 12.1 Å². The highest BCUT2D eigenvalue weighted by Crippen LogP contribution is 2.40. The molecule has 0 radical (unpaired) electrons. The molecule has 1 aromatic carbocycles. The minimum Gasteiger partial charge on any atom is -0.394 e. The van der Waals surface area contributed by atoms with E-state index in [0.717, 1.165) is 11.8 Å². The number of nitrogens with zero attached hydrogens (tertiary/aromatic N) is 3. The molecule has 3 heterocycles. The van der Waals surface area contributed by atoms with E-state index in [2.05, 4.69) is 10.3 Å². The third-order valence-electron chi connectivity index (χ3n) is 5.90. The van der Waals surface area contributed by atoms with E-state index in [9.17, 15) is 40.1 Å². The number of ether oxygens (including phenoxy) is 2. The fraction of sp³-hybridized carbons (Fsp3) is 0.600. The van der Waals surface area contributed by atoms with Crippen molar-refractivity contribution in [1.29, 1.82) is 0 Å². The molecule has 188 valence electrons. The Hall–Kier alpha value is -1.72. The van der Waals surface area contributed by atoms with Gasteiger partial charge in [0.2, 0.25) is 0 Å². The van der Waals surface area contributed by atoms with E-state index in [4.69, 9.17) is 9.47 Å². The van der Waals surface area contributed by atoms with Crippen LogP contribution in [-0.2, 0) is 9.47 Å². The van der Waals surface area contributed by atoms with Gasteiger partial charge < -0.3 is 45.2 Å². The van der Waals surface area contributed by atoms with E-state index >= 15 is 0 Å². The zero-order valence-electron chi connectivity index (χ0n) is 17.6. The van der Waals surface area contributed by atoms with Gasteiger partial charge in [0, 0.05) is 5.56 Å². The molecule has 0 saturated carbocycles. The average Bonchev–Trinajstić information content (AvgIpc) is 3.31. The number of hydrogen-bond donors (Lipinski definition) is 7. The maximum Gasteiger partial charge on any atom is 0.134 e. The molecule has 0 bridgehead atoms. The Morgan fingerprint density at radius 2 is 1.53 bits per heavy atom. The molecule has 2 saturated heterocycles. The van der Waals surface area contributed by atoms with Crippen LogP contribution in [0.1, 0.15) is 6.04 Å². The van der Waals surface area contributed by atoms with Crippen LogP contribution in [0.15, 0.2) is 30.5 Å². The molecule has 12 nitrogen and oxygen atoms in total. The van der Waals surface area contributed by atoms with E-state index in [1.807, 2.05) is 0 Å². The molecule has 14 heteroatoms. The maximum absolute atomic E-state index is 13.6. The van der Waals surface area contributed by atoms with Crippen molar-refractivity contribution in [2.75, 3.05) is 13.2 Å². The van der Waals surface area contributed by atoms with E-state index in [1.54, 1.807) is 6.07 Å². The smallest absolute Gasteiger partial charge is 0.134 e. The van der Waals surface area contributed by atoms with Crippen molar-refractivity contribution in [3.63, 3.8) is 0 Å². The highest BCUT2D eigenvalue weighted by Gasteiger charge is 2.50. The first-order valence-electron chi connectivity index (χ1n) is 10.5. The van der Waals surface area contributed by atoms with Crippen LogP contribution in [0.3, 0.4) is 0 Å². The molecule has 2 aromatic rings. The standard InChI is InChI=1S/C20H26FN3O9S/c21-9-3-1-2-8(4-9)10-5-24(23-22-10)13-14(27)11(6-25)32-19(16(13)29)34-20-18(31)17(30)15(28)12(7-26)33-20/h1-5,11-20,25-31H,6-7H2/t11-,12-,13+,14+,15-,16-,17+,18-,19+,20+/m1/s1. The number of aliphatic hydroxyl groups excluding tert-OH is 7. The van der Waals surface area contributed by atoms with Gasteiger partial charge in [0.1, 0.15) is 71.2 Å². The minimum absolute atomic E-state index is 0.282. The predicted octanol–water partition coefficient (Wildman–Crippen LogP) is -2.40. The number of benzene rings is 1. The van der Waals surface area contributed by atoms with Crippen molar-refractivity contribution in [2.24, 2.45) is 0 Å². The number of thioether (sulfide) groups is 1. The Kier molecular flexibility index (Phi) is 7.83. The Labute approximate surface area is 197 Å². The molecule has 4 rings (SSSR count). The van der Waals surface area contributed by atoms with Crippen LogP contribution in [0.25, 0.3) is 11.3 Å². The van der Waals surface area contributed by atoms with Crippen LogP contribution in [-0.4, -0.2) is 118 Å². The molecule has 0 amide bonds. The zero-order chi connectivity index (χ0) is 24.6. The van der Waals surface area contributed by atoms with Crippen LogP contribution in [0.2, 0.25) is 0 Å². The lowest BCUT2D eigenvalue weighted by Gasteiger charge is -2.45. The van der Waals surface area contributed by atoms with E-state index in [0.29, 0.717) is 5.56 Å². The predicted molar refractivity (Wildman–Crippen MR) is 114 cm³/mol. The average molecular weight is 504 g/mol. The Morgan fingerprint density at radius 3 is 2.18 bits per heavy atom. The summed E-state index contributed by atoms with van der Waals surface area (Å²) in [4.78, 5) is 0. The first-order valence-corrected chi connectivity index (χ1v) is 11.5. The van der Waals surface area contributed by atoms with Crippen LogP contribution < -0.4 is 0 Å². The van der Waals surface area contributed by atoms with Gasteiger partial charge in [0.15, 0.2) is 0 Å². The summed E-state index contributed by atoms with van der Waals surface area (Å²) in [6, 6.07) is 4.48. The van der Waals surface area contributed by atoms with Crippen molar-refractivity contribution >= 4 is 11.8 Å². The van der Waals surface area contributed by atoms with Gasteiger partial charge in [-0.2, -0.15) is 0 Å². The lowest BCUT2D eigenvalue weighted by atomic mass is 9.97. The van der Waals surface area contributed by atoms with Crippen LogP contribution in [0, 0.1) is 5.82 Å². The molecular formula is C20H26FN3O9S. The fourth-order valence-corrected chi connectivity index (χ4v) is 5.33. The quantitative estimate of drug-likeness (QED) is 0.221. The van der Waals surface area contributed by atoms with Crippen molar-refractivity contribution in [3.05, 3.63) is 36.3 Å². The van der Waals surface area contributed by atoms with Crippen molar-refractivity contribution in [1.82, 2.24) is 15.0 Å². The number of rotatable bonds is 6. The van der Waals surface area contributed by atoms with Gasteiger partial charge in [0.05, 0.1) is 19.4 Å². The zero-order valence-corrected chi connectivity index (χ0v) is 18.5. The highest BCUT2D eigenvalue weighted by atomic mass is 32.2. The third kappa shape index (κ3) is 4.83. The van der Waals surface area contributed by atoms with Gasteiger partial charge in [-0.3, -0.25) is 0 Å². The molecule has 0 unspecified atom stereocenters. The minimum atomic E-state index is -1.62. The Balaban J connectivity index is 1.57. The molecule has 1 aromatic heterocycles. The Bertz CT molecular complexity index is 969. The topological polar surface area (TPSA) is 191 Å². The van der Waals surface area contributed by atoms with E-state index in [1.165, 1.54) is 29.1 Å². The molecule has 2 fully saturated rings. The second-order valence-corrected chi connectivity index (χ2v) is 9.33. The Morgan fingerprint density at radius 1 is 0.882 bits per heavy atom. The summed E-state index contributed by atoms with van der Waals surface area (Å²) < 4.78 is 25.8. The summed E-state index contributed by atoms with van der Waals surface area (Å²) in [6.07, 6.45) is -8.53. The molecule has 0 aliphatic carbocycles. The fourth-order valence-electron chi connectivity index (χ4n) is 4.01. The van der Waals surface area contributed by atoms with E-state index in [-0.39, 0.29) is 5.69 Å². The van der Waals surface area contributed by atoms with Gasteiger partial charge >= 0.3 is 0 Å². The number of halogens is 1. The number of aliphatic hydroxyl groups is 7. The number of hydrogen-bond acceptors (Lipinski definition) is 12. The van der Waals surface area contributed by atoms with Gasteiger partial charge in [-0.1, -0.05) is 29.1 Å². The monoisotopic (exact) mass is 503 g/mol. The first-order chi connectivity index (χ1) is 16.2. The second-order valence-electron chi connectivity index (χ2n) is 8.12. The lowest BCUT2D eigenvalue weighted by molar-refractivity contribution is -0.208. The molecule has 34 heavy (non-hydrogen) atoms. The summed E-state index contributed by atoms with van der Waals surface area (Å²) in [5.41, 5.74) is -1.70. The molecule has 0 spiro atoms. The second kappa shape index (κ2) is 10.5. The van der Waals surface area contributed by atoms with Crippen LogP contribution in [0.4, 0.5) is 4.39 Å². The van der Waals surface area contributed by atoms with Gasteiger partial charge in [-0.25, -0.2) is 9.07 Å². The summed E-state index contributed by atoms with van der Waals surface area (Å²) in [6.45, 7) is -1.24. The molecule has 10 atom stereocenters. The van der Waals surface area contributed by atoms with Crippen LogP contribution >= 0.6 is 11.8 Å². The highest BCUT2D eigenvalue weighted by molar-refractivity contribution is 8.00. The number of aromatic nitrogens is 3. The maximum atomic E-state index is 13.6. The molecule has 2 aliphatic rings. The molecular weight excluding hydrogens is 477 g/mol. The van der Waals surface area contributed by atoms with Crippen molar-refractivity contribution in [2.45, 2.75) is 59.6 Å². The lowest BCUT2D eigenvalue weighted by Crippen LogP contribution is -2.59. The summed E-state index contributed by atoms with van der Waals surface area (Å²) in [5.74, 6) is -0.477. The summed E-state index contributed by atoms with van der Waals surface area (Å²) >= 11 is 0.747. The summed E-state index contributed by atoms with van der Waals surface area (Å²) in [7, 11) is 0. The largest absolute Gasteiger partial charge is 0.394 e. The first kappa shape index (κ1) is 25.4. The normalized spacial score (nSPS) is 38.7. The van der Waals surface area contributed by atoms with E-state index < -0.39 is 78.7 Å².